The highest BCUT2D eigenvalue weighted by molar-refractivity contribution is 5.74. The van der Waals surface area contributed by atoms with E-state index < -0.39 is 11.4 Å². The van der Waals surface area contributed by atoms with Gasteiger partial charge in [-0.3, -0.25) is 4.79 Å². The van der Waals surface area contributed by atoms with Crippen LogP contribution in [-0.4, -0.2) is 44.5 Å². The van der Waals surface area contributed by atoms with Crippen molar-refractivity contribution in [2.45, 2.75) is 53.0 Å². The van der Waals surface area contributed by atoms with Gasteiger partial charge in [0.25, 0.3) is 0 Å². The summed E-state index contributed by atoms with van der Waals surface area (Å²) in [6, 6.07) is 0. The fraction of sp³-hybridized carbons (Fsp3) is 0.846. The van der Waals surface area contributed by atoms with E-state index in [0.717, 1.165) is 6.42 Å². The zero-order valence-electron chi connectivity index (χ0n) is 12.5. The number of rotatable bonds is 10. The number of carboxylic acid groups (broad SMARTS) is 1. The molecule has 20 heavy (non-hydrogen) atoms. The van der Waals surface area contributed by atoms with Crippen LogP contribution in [0.2, 0.25) is 0 Å². The van der Waals surface area contributed by atoms with Gasteiger partial charge in [-0.05, 0) is 29.7 Å². The smallest absolute Gasteiger partial charge is 0.311 e. The lowest BCUT2D eigenvalue weighted by Crippen LogP contribution is -2.35. The largest absolute Gasteiger partial charge is 0.481 e. The number of carboxylic acids is 1. The number of hydrogen-bond acceptors (Lipinski definition) is 5. The summed E-state index contributed by atoms with van der Waals surface area (Å²) in [6.07, 6.45) is 2.66. The maximum Gasteiger partial charge on any atom is 0.311 e. The topological polar surface area (TPSA) is 90.1 Å². The highest BCUT2D eigenvalue weighted by Crippen LogP contribution is 2.29. The number of nitrogens with zero attached hydrogens (tertiary/aromatic N) is 4. The van der Waals surface area contributed by atoms with Crippen LogP contribution < -0.4 is 0 Å². The Balaban J connectivity index is 2.72. The van der Waals surface area contributed by atoms with Crippen LogP contribution in [0.25, 0.3) is 0 Å². The Morgan fingerprint density at radius 2 is 2.00 bits per heavy atom. The first-order valence-corrected chi connectivity index (χ1v) is 7.15. The monoisotopic (exact) mass is 284 g/mol. The van der Waals surface area contributed by atoms with Crippen LogP contribution in [0.5, 0.6) is 0 Å². The highest BCUT2D eigenvalue weighted by atomic mass is 16.5. The second-order valence-electron chi connectivity index (χ2n) is 4.91. The Morgan fingerprint density at radius 1 is 1.30 bits per heavy atom. The molecule has 0 saturated carbocycles. The SMILES string of the molecule is CCCOCCc1nnnn1CC(CC)(CC)C(=O)O. The molecule has 7 nitrogen and oxygen atoms in total. The van der Waals surface area contributed by atoms with E-state index in [1.54, 1.807) is 4.68 Å². The molecule has 1 aromatic heterocycles. The molecule has 0 unspecified atom stereocenters. The Morgan fingerprint density at radius 3 is 2.55 bits per heavy atom. The maximum absolute atomic E-state index is 11.5. The summed E-state index contributed by atoms with van der Waals surface area (Å²) >= 11 is 0. The lowest BCUT2D eigenvalue weighted by molar-refractivity contribution is -0.150. The van der Waals surface area contributed by atoms with Crippen LogP contribution in [0.15, 0.2) is 0 Å². The minimum absolute atomic E-state index is 0.297. The summed E-state index contributed by atoms with van der Waals surface area (Å²) in [5, 5.41) is 21.0. The van der Waals surface area contributed by atoms with Gasteiger partial charge in [0.1, 0.15) is 0 Å². The van der Waals surface area contributed by atoms with Crippen molar-refractivity contribution in [3.8, 4) is 0 Å². The molecule has 0 aliphatic heterocycles. The van der Waals surface area contributed by atoms with Gasteiger partial charge in [0.05, 0.1) is 18.6 Å². The van der Waals surface area contributed by atoms with Gasteiger partial charge in [-0.15, -0.1) is 5.10 Å². The Labute approximate surface area is 119 Å². The number of aliphatic carboxylic acids is 1. The molecule has 0 atom stereocenters. The molecule has 0 aliphatic carbocycles. The molecule has 1 aromatic rings. The number of tetrazole rings is 1. The average Bonchev–Trinajstić information content (AvgIpc) is 2.88. The third-order valence-electron chi connectivity index (χ3n) is 3.68. The van der Waals surface area contributed by atoms with E-state index in [1.165, 1.54) is 0 Å². The molecule has 7 heteroatoms. The van der Waals surface area contributed by atoms with E-state index in [4.69, 9.17) is 4.74 Å². The molecule has 1 N–H and O–H groups in total. The minimum Gasteiger partial charge on any atom is -0.481 e. The van der Waals surface area contributed by atoms with E-state index in [1.807, 2.05) is 20.8 Å². The van der Waals surface area contributed by atoms with Gasteiger partial charge >= 0.3 is 5.97 Å². The molecule has 0 aromatic carbocycles. The fourth-order valence-electron chi connectivity index (χ4n) is 2.07. The van der Waals surface area contributed by atoms with Crippen molar-refractivity contribution >= 4 is 5.97 Å². The van der Waals surface area contributed by atoms with Crippen molar-refractivity contribution in [3.63, 3.8) is 0 Å². The standard InChI is InChI=1S/C13H24N4O3/c1-4-8-20-9-7-11-14-15-16-17(11)10-13(5-2,6-3)12(18)19/h4-10H2,1-3H3,(H,18,19). The summed E-state index contributed by atoms with van der Waals surface area (Å²) < 4.78 is 7.01. The molecule has 0 bridgehead atoms. The molecule has 0 saturated heterocycles. The molecule has 0 amide bonds. The zero-order valence-corrected chi connectivity index (χ0v) is 12.5. The van der Waals surface area contributed by atoms with E-state index in [0.29, 0.717) is 44.8 Å². The molecular formula is C13H24N4O3. The number of hydrogen-bond donors (Lipinski definition) is 1. The summed E-state index contributed by atoms with van der Waals surface area (Å²) in [5.74, 6) is -0.125. The normalized spacial score (nSPS) is 11.8. The number of carbonyl (C=O) groups is 1. The first-order chi connectivity index (χ1) is 9.59. The molecule has 114 valence electrons. The third kappa shape index (κ3) is 4.00. The minimum atomic E-state index is -0.811. The lowest BCUT2D eigenvalue weighted by atomic mass is 9.82. The van der Waals surface area contributed by atoms with E-state index >= 15 is 0 Å². The van der Waals surface area contributed by atoms with Crippen molar-refractivity contribution in [2.24, 2.45) is 5.41 Å². The summed E-state index contributed by atoms with van der Waals surface area (Å²) in [5.41, 5.74) is -0.811. The van der Waals surface area contributed by atoms with Gasteiger partial charge in [0.15, 0.2) is 5.82 Å². The predicted molar refractivity (Wildman–Crippen MR) is 73.3 cm³/mol. The second kappa shape index (κ2) is 7.94. The summed E-state index contributed by atoms with van der Waals surface area (Å²) in [7, 11) is 0. The Hall–Kier alpha value is -1.50. The van der Waals surface area contributed by atoms with Crippen LogP contribution in [0.3, 0.4) is 0 Å². The first kappa shape index (κ1) is 16.6. The predicted octanol–water partition coefficient (Wildman–Crippen LogP) is 1.53. The van der Waals surface area contributed by atoms with Gasteiger partial charge in [0, 0.05) is 13.0 Å². The van der Waals surface area contributed by atoms with Gasteiger partial charge in [0.2, 0.25) is 0 Å². The Bertz CT molecular complexity index is 416. The van der Waals surface area contributed by atoms with Crippen LogP contribution in [0.1, 0.15) is 45.9 Å². The summed E-state index contributed by atoms with van der Waals surface area (Å²) in [6.45, 7) is 7.37. The van der Waals surface area contributed by atoms with Crippen LogP contribution in [0.4, 0.5) is 0 Å². The third-order valence-corrected chi connectivity index (χ3v) is 3.68. The van der Waals surface area contributed by atoms with Crippen LogP contribution >= 0.6 is 0 Å². The van der Waals surface area contributed by atoms with E-state index in [-0.39, 0.29) is 0 Å². The van der Waals surface area contributed by atoms with Gasteiger partial charge in [-0.2, -0.15) is 0 Å². The maximum atomic E-state index is 11.5. The lowest BCUT2D eigenvalue weighted by Gasteiger charge is -2.26. The second-order valence-corrected chi connectivity index (χ2v) is 4.91. The molecule has 1 heterocycles. The number of aromatic nitrogens is 4. The van der Waals surface area contributed by atoms with E-state index in [9.17, 15) is 9.90 Å². The van der Waals surface area contributed by atoms with Crippen molar-refractivity contribution in [1.82, 2.24) is 20.2 Å². The molecule has 1 rings (SSSR count). The highest BCUT2D eigenvalue weighted by Gasteiger charge is 2.36. The molecule has 0 fully saturated rings. The fourth-order valence-corrected chi connectivity index (χ4v) is 2.07. The average molecular weight is 284 g/mol. The van der Waals surface area contributed by atoms with Crippen molar-refractivity contribution in [1.29, 1.82) is 0 Å². The van der Waals surface area contributed by atoms with Crippen molar-refractivity contribution < 1.29 is 14.6 Å². The molecule has 0 radical (unpaired) electrons. The van der Waals surface area contributed by atoms with Crippen molar-refractivity contribution in [3.05, 3.63) is 5.82 Å². The molecule has 0 spiro atoms. The molecular weight excluding hydrogens is 260 g/mol. The molecule has 0 aliphatic rings. The van der Waals surface area contributed by atoms with Gasteiger partial charge < -0.3 is 9.84 Å². The summed E-state index contributed by atoms with van der Waals surface area (Å²) in [4.78, 5) is 11.5. The van der Waals surface area contributed by atoms with Gasteiger partial charge in [-0.25, -0.2) is 4.68 Å². The number of ether oxygens (including phenoxy) is 1. The first-order valence-electron chi connectivity index (χ1n) is 7.15. The van der Waals surface area contributed by atoms with Crippen LogP contribution in [-0.2, 0) is 22.5 Å². The van der Waals surface area contributed by atoms with Crippen LogP contribution in [0, 0.1) is 5.41 Å². The Kier molecular flexibility index (Phi) is 6.57. The zero-order chi connectivity index (χ0) is 15.0. The van der Waals surface area contributed by atoms with Gasteiger partial charge in [-0.1, -0.05) is 20.8 Å². The quantitative estimate of drug-likeness (QED) is 0.655. The van der Waals surface area contributed by atoms with E-state index in [2.05, 4.69) is 15.5 Å². The van der Waals surface area contributed by atoms with Crippen molar-refractivity contribution in [2.75, 3.05) is 13.2 Å².